The van der Waals surface area contributed by atoms with E-state index in [1.807, 2.05) is 5.38 Å². The second-order valence-electron chi connectivity index (χ2n) is 3.83. The van der Waals surface area contributed by atoms with E-state index < -0.39 is 0 Å². The summed E-state index contributed by atoms with van der Waals surface area (Å²) in [5.41, 5.74) is 6.52. The number of amides is 1. The molecule has 70 valence electrons. The zero-order valence-corrected chi connectivity index (χ0v) is 8.36. The number of hydrogen-bond acceptors (Lipinski definition) is 3. The first-order valence-electron chi connectivity index (χ1n) is 4.33. The van der Waals surface area contributed by atoms with Gasteiger partial charge in [0.05, 0.1) is 12.1 Å². The molecule has 1 aromatic heterocycles. The Morgan fingerprint density at radius 2 is 2.46 bits per heavy atom. The molecule has 0 unspecified atom stereocenters. The molecule has 1 amide bonds. The largest absolute Gasteiger partial charge is 0.369 e. The summed E-state index contributed by atoms with van der Waals surface area (Å²) in [6.45, 7) is 2.20. The van der Waals surface area contributed by atoms with Crippen molar-refractivity contribution in [1.29, 1.82) is 0 Å². The maximum atomic E-state index is 10.6. The van der Waals surface area contributed by atoms with Crippen LogP contribution < -0.4 is 5.73 Å². The summed E-state index contributed by atoms with van der Waals surface area (Å²) in [6, 6.07) is 0. The van der Waals surface area contributed by atoms with E-state index in [9.17, 15) is 4.79 Å². The van der Waals surface area contributed by atoms with Crippen LogP contribution >= 0.6 is 11.3 Å². The Labute approximate surface area is 81.0 Å². The fourth-order valence-electron chi connectivity index (χ4n) is 1.26. The predicted molar refractivity (Wildman–Crippen MR) is 51.6 cm³/mol. The molecule has 0 aromatic carbocycles. The third kappa shape index (κ3) is 1.72. The van der Waals surface area contributed by atoms with Crippen LogP contribution in [-0.4, -0.2) is 10.9 Å². The van der Waals surface area contributed by atoms with Crippen LogP contribution in [0, 0.1) is 0 Å². The minimum atomic E-state index is -0.304. The number of thiazole rings is 1. The van der Waals surface area contributed by atoms with E-state index in [4.69, 9.17) is 5.73 Å². The van der Waals surface area contributed by atoms with Crippen molar-refractivity contribution < 1.29 is 4.79 Å². The molecule has 3 nitrogen and oxygen atoms in total. The van der Waals surface area contributed by atoms with Crippen molar-refractivity contribution in [2.45, 2.75) is 31.6 Å². The van der Waals surface area contributed by atoms with Crippen LogP contribution in [0.15, 0.2) is 5.38 Å². The molecule has 1 heterocycles. The third-order valence-corrected chi connectivity index (χ3v) is 3.34. The van der Waals surface area contributed by atoms with Gasteiger partial charge in [-0.05, 0) is 12.8 Å². The minimum absolute atomic E-state index is 0.279. The highest BCUT2D eigenvalue weighted by molar-refractivity contribution is 7.09. The lowest BCUT2D eigenvalue weighted by molar-refractivity contribution is -0.117. The number of hydrogen-bond donors (Lipinski definition) is 1. The molecule has 1 saturated carbocycles. The van der Waals surface area contributed by atoms with Crippen molar-refractivity contribution in [2.24, 2.45) is 5.73 Å². The van der Waals surface area contributed by atoms with E-state index in [1.165, 1.54) is 24.2 Å². The first kappa shape index (κ1) is 8.69. The van der Waals surface area contributed by atoms with E-state index in [1.54, 1.807) is 0 Å². The number of carbonyl (C=O) groups excluding carboxylic acids is 1. The van der Waals surface area contributed by atoms with Gasteiger partial charge in [0.2, 0.25) is 5.91 Å². The first-order valence-corrected chi connectivity index (χ1v) is 5.21. The topological polar surface area (TPSA) is 56.0 Å². The fraction of sp³-hybridized carbons (Fsp3) is 0.556. The summed E-state index contributed by atoms with van der Waals surface area (Å²) >= 11 is 1.53. The van der Waals surface area contributed by atoms with Crippen molar-refractivity contribution in [3.05, 3.63) is 16.1 Å². The van der Waals surface area contributed by atoms with Gasteiger partial charge in [-0.2, -0.15) is 0 Å². The summed E-state index contributed by atoms with van der Waals surface area (Å²) in [6.07, 6.45) is 2.71. The molecule has 1 aliphatic rings. The molecule has 0 bridgehead atoms. The van der Waals surface area contributed by atoms with E-state index >= 15 is 0 Å². The van der Waals surface area contributed by atoms with Crippen LogP contribution in [0.25, 0.3) is 0 Å². The number of primary amides is 1. The second kappa shape index (κ2) is 2.80. The van der Waals surface area contributed by atoms with E-state index in [0.717, 1.165) is 10.7 Å². The number of nitrogens with two attached hydrogens (primary N) is 1. The van der Waals surface area contributed by atoms with Gasteiger partial charge in [-0.1, -0.05) is 6.92 Å². The second-order valence-corrected chi connectivity index (χ2v) is 4.77. The average Bonchev–Trinajstić information content (AvgIpc) is 2.62. The molecule has 1 fully saturated rings. The van der Waals surface area contributed by atoms with E-state index in [2.05, 4.69) is 11.9 Å². The molecular weight excluding hydrogens is 184 g/mol. The SMILES string of the molecule is CC1(c2csc(CC(N)=O)n2)CC1. The Hall–Kier alpha value is -0.900. The van der Waals surface area contributed by atoms with Crippen LogP contribution in [0.3, 0.4) is 0 Å². The molecule has 1 aliphatic carbocycles. The standard InChI is InChI=1S/C9H12N2OS/c1-9(2-3-9)6-5-13-8(11-6)4-7(10)12/h5H,2-4H2,1H3,(H2,10,12). The monoisotopic (exact) mass is 196 g/mol. The van der Waals surface area contributed by atoms with Crippen molar-refractivity contribution >= 4 is 17.2 Å². The quantitative estimate of drug-likeness (QED) is 0.790. The Bertz CT molecular complexity index is 341. The van der Waals surface area contributed by atoms with Crippen LogP contribution in [0.1, 0.15) is 30.5 Å². The molecule has 2 rings (SSSR count). The van der Waals surface area contributed by atoms with Gasteiger partial charge in [0.15, 0.2) is 0 Å². The molecule has 4 heteroatoms. The van der Waals surface area contributed by atoms with E-state index in [0.29, 0.717) is 5.41 Å². The number of rotatable bonds is 3. The van der Waals surface area contributed by atoms with Gasteiger partial charge < -0.3 is 5.73 Å². The Balaban J connectivity index is 2.14. The Morgan fingerprint density at radius 1 is 1.77 bits per heavy atom. The van der Waals surface area contributed by atoms with Gasteiger partial charge in [0.1, 0.15) is 5.01 Å². The smallest absolute Gasteiger partial charge is 0.224 e. The highest BCUT2D eigenvalue weighted by Crippen LogP contribution is 2.47. The molecule has 0 aliphatic heterocycles. The lowest BCUT2D eigenvalue weighted by Gasteiger charge is -2.00. The lowest BCUT2D eigenvalue weighted by atomic mass is 10.1. The Kier molecular flexibility index (Phi) is 1.87. The summed E-state index contributed by atoms with van der Waals surface area (Å²) in [5, 5.41) is 2.89. The van der Waals surface area contributed by atoms with Crippen LogP contribution in [0.4, 0.5) is 0 Å². The van der Waals surface area contributed by atoms with Gasteiger partial charge in [0, 0.05) is 10.8 Å². The zero-order chi connectivity index (χ0) is 9.47. The molecule has 0 atom stereocenters. The molecule has 0 saturated heterocycles. The highest BCUT2D eigenvalue weighted by Gasteiger charge is 2.41. The summed E-state index contributed by atoms with van der Waals surface area (Å²) in [7, 11) is 0. The number of nitrogens with zero attached hydrogens (tertiary/aromatic N) is 1. The first-order chi connectivity index (χ1) is 6.10. The average molecular weight is 196 g/mol. The van der Waals surface area contributed by atoms with Gasteiger partial charge >= 0.3 is 0 Å². The predicted octanol–water partition coefficient (Wildman–Crippen LogP) is 1.22. The summed E-state index contributed by atoms with van der Waals surface area (Å²) in [4.78, 5) is 15.0. The lowest BCUT2D eigenvalue weighted by Crippen LogP contribution is -2.13. The van der Waals surface area contributed by atoms with Gasteiger partial charge in [-0.15, -0.1) is 11.3 Å². The summed E-state index contributed by atoms with van der Waals surface area (Å²) < 4.78 is 0. The van der Waals surface area contributed by atoms with Crippen molar-refractivity contribution in [3.8, 4) is 0 Å². The zero-order valence-electron chi connectivity index (χ0n) is 7.54. The maximum Gasteiger partial charge on any atom is 0.224 e. The minimum Gasteiger partial charge on any atom is -0.369 e. The molecular formula is C9H12N2OS. The number of aromatic nitrogens is 1. The van der Waals surface area contributed by atoms with Crippen molar-refractivity contribution in [3.63, 3.8) is 0 Å². The summed E-state index contributed by atoms with van der Waals surface area (Å²) in [5.74, 6) is -0.304. The number of carbonyl (C=O) groups is 1. The van der Waals surface area contributed by atoms with Gasteiger partial charge in [-0.25, -0.2) is 4.98 Å². The van der Waals surface area contributed by atoms with Crippen LogP contribution in [-0.2, 0) is 16.6 Å². The van der Waals surface area contributed by atoms with Gasteiger partial charge in [0.25, 0.3) is 0 Å². The Morgan fingerprint density at radius 3 is 3.00 bits per heavy atom. The highest BCUT2D eigenvalue weighted by atomic mass is 32.1. The van der Waals surface area contributed by atoms with E-state index in [-0.39, 0.29) is 12.3 Å². The molecule has 0 radical (unpaired) electrons. The maximum absolute atomic E-state index is 10.6. The van der Waals surface area contributed by atoms with Crippen molar-refractivity contribution in [1.82, 2.24) is 4.98 Å². The normalized spacial score (nSPS) is 18.5. The van der Waals surface area contributed by atoms with Crippen molar-refractivity contribution in [2.75, 3.05) is 0 Å². The molecule has 2 N–H and O–H groups in total. The molecule has 0 spiro atoms. The molecule has 1 aromatic rings. The molecule has 13 heavy (non-hydrogen) atoms. The third-order valence-electron chi connectivity index (χ3n) is 2.50. The van der Waals surface area contributed by atoms with Crippen LogP contribution in [0.5, 0.6) is 0 Å². The van der Waals surface area contributed by atoms with Gasteiger partial charge in [-0.3, -0.25) is 4.79 Å². The fourth-order valence-corrected chi connectivity index (χ4v) is 2.22. The van der Waals surface area contributed by atoms with Crippen LogP contribution in [0.2, 0.25) is 0 Å².